The quantitative estimate of drug-likeness (QED) is 0.814. The Morgan fingerprint density at radius 3 is 2.53 bits per heavy atom. The van der Waals surface area contributed by atoms with Gasteiger partial charge in [-0.25, -0.2) is 4.39 Å². The molecule has 0 aliphatic carbocycles. The summed E-state index contributed by atoms with van der Waals surface area (Å²) in [5.74, 6) is 0.172. The maximum atomic E-state index is 13.2. The van der Waals surface area contributed by atoms with Crippen molar-refractivity contribution >= 4 is 0 Å². The summed E-state index contributed by atoms with van der Waals surface area (Å²) < 4.78 is 13.2. The zero-order valence-corrected chi connectivity index (χ0v) is 9.94. The molecule has 0 aliphatic rings. The molecule has 88 valence electrons. The van der Waals surface area contributed by atoms with Crippen LogP contribution in [0.15, 0.2) is 42.5 Å². The highest BCUT2D eigenvalue weighted by Crippen LogP contribution is 2.31. The fourth-order valence-corrected chi connectivity index (χ4v) is 1.80. The van der Waals surface area contributed by atoms with Crippen LogP contribution in [0.4, 0.5) is 4.39 Å². The third-order valence-electron chi connectivity index (χ3n) is 2.82. The summed E-state index contributed by atoms with van der Waals surface area (Å²) in [4.78, 5) is 0. The van der Waals surface area contributed by atoms with Crippen LogP contribution in [0.25, 0.3) is 11.1 Å². The van der Waals surface area contributed by atoms with Crippen LogP contribution >= 0.6 is 0 Å². The molecule has 0 radical (unpaired) electrons. The molecule has 2 heteroatoms. The van der Waals surface area contributed by atoms with E-state index in [1.165, 1.54) is 23.8 Å². The lowest BCUT2D eigenvalue weighted by atomic mass is 9.97. The second-order valence-electron chi connectivity index (χ2n) is 4.44. The normalized spacial score (nSPS) is 10.8. The van der Waals surface area contributed by atoms with E-state index in [0.29, 0.717) is 11.5 Å². The Bertz CT molecular complexity index is 532. The first-order chi connectivity index (χ1) is 8.08. The van der Waals surface area contributed by atoms with Gasteiger partial charge in [0.2, 0.25) is 0 Å². The number of phenols is 1. The topological polar surface area (TPSA) is 20.2 Å². The Morgan fingerprint density at radius 2 is 1.82 bits per heavy atom. The second kappa shape index (κ2) is 4.58. The first-order valence-electron chi connectivity index (χ1n) is 5.67. The van der Waals surface area contributed by atoms with Gasteiger partial charge in [0.25, 0.3) is 0 Å². The lowest BCUT2D eigenvalue weighted by Crippen LogP contribution is -1.88. The summed E-state index contributed by atoms with van der Waals surface area (Å²) in [6.45, 7) is 4.20. The number of rotatable bonds is 2. The average Bonchev–Trinajstić information content (AvgIpc) is 2.32. The van der Waals surface area contributed by atoms with Gasteiger partial charge in [-0.1, -0.05) is 38.1 Å². The van der Waals surface area contributed by atoms with Gasteiger partial charge in [0.1, 0.15) is 11.6 Å². The van der Waals surface area contributed by atoms with Crippen LogP contribution in [0, 0.1) is 5.82 Å². The summed E-state index contributed by atoms with van der Waals surface area (Å²) in [5.41, 5.74) is 2.55. The van der Waals surface area contributed by atoms with Crippen molar-refractivity contribution in [1.82, 2.24) is 0 Å². The van der Waals surface area contributed by atoms with E-state index in [4.69, 9.17) is 0 Å². The molecule has 17 heavy (non-hydrogen) atoms. The first kappa shape index (κ1) is 11.6. The molecule has 0 amide bonds. The molecule has 1 nitrogen and oxygen atoms in total. The van der Waals surface area contributed by atoms with Crippen molar-refractivity contribution in [2.24, 2.45) is 0 Å². The number of halogens is 1. The molecule has 0 bridgehead atoms. The summed E-state index contributed by atoms with van der Waals surface area (Å²) in [7, 11) is 0. The fraction of sp³-hybridized carbons (Fsp3) is 0.200. The molecule has 0 heterocycles. The Kier molecular flexibility index (Phi) is 3.14. The standard InChI is InChI=1S/C15H15FO/c1-10(2)11-4-3-5-12(8-11)14-9-13(16)6-7-15(14)17/h3-10,17H,1-2H3. The molecule has 0 aliphatic heterocycles. The van der Waals surface area contributed by atoms with E-state index < -0.39 is 0 Å². The van der Waals surface area contributed by atoms with Crippen LogP contribution in [-0.2, 0) is 0 Å². The molecule has 2 aromatic rings. The summed E-state index contributed by atoms with van der Waals surface area (Å²) in [5, 5.41) is 9.75. The molecule has 2 aromatic carbocycles. The molecule has 0 saturated carbocycles. The Hall–Kier alpha value is -1.83. The van der Waals surface area contributed by atoms with Crippen molar-refractivity contribution in [2.45, 2.75) is 19.8 Å². The van der Waals surface area contributed by atoms with Crippen molar-refractivity contribution in [2.75, 3.05) is 0 Å². The highest BCUT2D eigenvalue weighted by atomic mass is 19.1. The van der Waals surface area contributed by atoms with Crippen LogP contribution < -0.4 is 0 Å². The smallest absolute Gasteiger partial charge is 0.124 e. The van der Waals surface area contributed by atoms with E-state index in [1.54, 1.807) is 0 Å². The minimum atomic E-state index is -0.340. The highest BCUT2D eigenvalue weighted by molar-refractivity contribution is 5.70. The minimum absolute atomic E-state index is 0.104. The van der Waals surface area contributed by atoms with E-state index in [-0.39, 0.29) is 11.6 Å². The number of hydrogen-bond acceptors (Lipinski definition) is 1. The minimum Gasteiger partial charge on any atom is -0.507 e. The molecule has 2 rings (SSSR count). The van der Waals surface area contributed by atoms with Crippen molar-refractivity contribution in [3.05, 3.63) is 53.8 Å². The lowest BCUT2D eigenvalue weighted by Gasteiger charge is -2.09. The monoisotopic (exact) mass is 230 g/mol. The third kappa shape index (κ3) is 2.47. The van der Waals surface area contributed by atoms with E-state index >= 15 is 0 Å². The zero-order chi connectivity index (χ0) is 12.4. The summed E-state index contributed by atoms with van der Waals surface area (Å²) >= 11 is 0. The van der Waals surface area contributed by atoms with E-state index in [1.807, 2.05) is 24.3 Å². The molecule has 0 unspecified atom stereocenters. The highest BCUT2D eigenvalue weighted by Gasteiger charge is 2.07. The SMILES string of the molecule is CC(C)c1cccc(-c2cc(F)ccc2O)c1. The molecule has 1 N–H and O–H groups in total. The fourth-order valence-electron chi connectivity index (χ4n) is 1.80. The molecular weight excluding hydrogens is 215 g/mol. The van der Waals surface area contributed by atoms with E-state index in [0.717, 1.165) is 5.56 Å². The molecule has 0 aromatic heterocycles. The van der Waals surface area contributed by atoms with Crippen molar-refractivity contribution in [3.63, 3.8) is 0 Å². The van der Waals surface area contributed by atoms with E-state index in [9.17, 15) is 9.50 Å². The van der Waals surface area contributed by atoms with Gasteiger partial charge in [0.15, 0.2) is 0 Å². The van der Waals surface area contributed by atoms with Crippen LogP contribution in [0.5, 0.6) is 5.75 Å². The number of aromatic hydroxyl groups is 1. The van der Waals surface area contributed by atoms with Gasteiger partial charge in [-0.3, -0.25) is 0 Å². The molecule has 0 saturated heterocycles. The Morgan fingerprint density at radius 1 is 1.06 bits per heavy atom. The second-order valence-corrected chi connectivity index (χ2v) is 4.44. The predicted octanol–water partition coefficient (Wildman–Crippen LogP) is 4.32. The van der Waals surface area contributed by atoms with Gasteiger partial charge < -0.3 is 5.11 Å². The lowest BCUT2D eigenvalue weighted by molar-refractivity contribution is 0.475. The van der Waals surface area contributed by atoms with Gasteiger partial charge in [0, 0.05) is 5.56 Å². The molecule has 0 spiro atoms. The van der Waals surface area contributed by atoms with E-state index in [2.05, 4.69) is 13.8 Å². The van der Waals surface area contributed by atoms with Crippen LogP contribution in [0.2, 0.25) is 0 Å². The number of hydrogen-bond donors (Lipinski definition) is 1. The van der Waals surface area contributed by atoms with Crippen molar-refractivity contribution in [3.8, 4) is 16.9 Å². The zero-order valence-electron chi connectivity index (χ0n) is 9.94. The molecular formula is C15H15FO. The van der Waals surface area contributed by atoms with Crippen LogP contribution in [-0.4, -0.2) is 5.11 Å². The maximum absolute atomic E-state index is 13.2. The molecule has 0 fully saturated rings. The summed E-state index contributed by atoms with van der Waals surface area (Å²) in [6, 6.07) is 11.8. The van der Waals surface area contributed by atoms with Gasteiger partial charge in [0.05, 0.1) is 0 Å². The van der Waals surface area contributed by atoms with Gasteiger partial charge >= 0.3 is 0 Å². The Balaban J connectivity index is 2.52. The first-order valence-corrected chi connectivity index (χ1v) is 5.67. The van der Waals surface area contributed by atoms with Crippen molar-refractivity contribution in [1.29, 1.82) is 0 Å². The maximum Gasteiger partial charge on any atom is 0.124 e. The van der Waals surface area contributed by atoms with Gasteiger partial charge in [-0.05, 0) is 35.2 Å². The average molecular weight is 230 g/mol. The Labute approximate surface area is 101 Å². The van der Waals surface area contributed by atoms with Crippen molar-refractivity contribution < 1.29 is 9.50 Å². The van der Waals surface area contributed by atoms with Crippen LogP contribution in [0.1, 0.15) is 25.3 Å². The van der Waals surface area contributed by atoms with Crippen LogP contribution in [0.3, 0.4) is 0 Å². The number of benzene rings is 2. The molecule has 0 atom stereocenters. The third-order valence-corrected chi connectivity index (χ3v) is 2.82. The van der Waals surface area contributed by atoms with Gasteiger partial charge in [-0.2, -0.15) is 0 Å². The summed E-state index contributed by atoms with van der Waals surface area (Å²) in [6.07, 6.45) is 0. The largest absolute Gasteiger partial charge is 0.507 e. The van der Waals surface area contributed by atoms with Gasteiger partial charge in [-0.15, -0.1) is 0 Å². The predicted molar refractivity (Wildman–Crippen MR) is 67.6 cm³/mol. The number of phenolic OH excluding ortho intramolecular Hbond substituents is 1.